The molecular weight excluding hydrogens is 789 g/mol. The van der Waals surface area contributed by atoms with Crippen LogP contribution >= 0.6 is 0 Å². The third kappa shape index (κ3) is 9.83. The van der Waals surface area contributed by atoms with E-state index in [1.54, 1.807) is 6.20 Å². The number of aliphatic imine (C=N–C) groups is 3. The van der Waals surface area contributed by atoms with Crippen LogP contribution in [0.25, 0.3) is 44.9 Å². The van der Waals surface area contributed by atoms with Crippen molar-refractivity contribution in [3.8, 4) is 11.1 Å². The number of fused-ring (bicyclic) bond motifs is 1. The van der Waals surface area contributed by atoms with E-state index in [0.29, 0.717) is 6.42 Å². The molecule has 9 aromatic rings. The van der Waals surface area contributed by atoms with Gasteiger partial charge in [0.25, 0.3) is 0 Å². The van der Waals surface area contributed by atoms with Crippen molar-refractivity contribution in [1.29, 1.82) is 0 Å². The van der Waals surface area contributed by atoms with Crippen LogP contribution < -0.4 is 0 Å². The van der Waals surface area contributed by atoms with Gasteiger partial charge in [-0.15, -0.1) is 0 Å². The first-order valence-corrected chi connectivity index (χ1v) is 22.0. The van der Waals surface area contributed by atoms with Crippen molar-refractivity contribution < 1.29 is 0 Å². The van der Waals surface area contributed by atoms with Gasteiger partial charge in [0, 0.05) is 48.1 Å². The number of rotatable bonds is 13. The normalized spacial score (nSPS) is 12.8. The number of pyridine rings is 1. The van der Waals surface area contributed by atoms with Crippen molar-refractivity contribution in [2.45, 2.75) is 13.3 Å². The molecule has 0 atom stereocenters. The van der Waals surface area contributed by atoms with Crippen LogP contribution in [0.4, 0.5) is 0 Å². The topological polar surface area (TPSA) is 50.0 Å². The molecule has 4 heteroatoms. The van der Waals surface area contributed by atoms with E-state index in [0.717, 1.165) is 94.9 Å². The molecule has 0 radical (unpaired) electrons. The Balaban J connectivity index is 1.29. The first kappa shape index (κ1) is 42.0. The molecule has 0 saturated carbocycles. The Kier molecular flexibility index (Phi) is 13.1. The van der Waals surface area contributed by atoms with Gasteiger partial charge in [0.05, 0.1) is 28.5 Å². The van der Waals surface area contributed by atoms with Crippen LogP contribution in [-0.2, 0) is 6.42 Å². The molecule has 0 saturated heterocycles. The Morgan fingerprint density at radius 2 is 1.09 bits per heavy atom. The lowest BCUT2D eigenvalue weighted by Crippen LogP contribution is -2.17. The molecule has 0 aliphatic heterocycles. The molecule has 9 rings (SSSR count). The van der Waals surface area contributed by atoms with E-state index in [-0.39, 0.29) is 0 Å². The van der Waals surface area contributed by atoms with E-state index in [1.807, 2.05) is 55.7 Å². The highest BCUT2D eigenvalue weighted by molar-refractivity contribution is 6.54. The molecule has 0 fully saturated rings. The monoisotopic (exact) mass is 836 g/mol. The minimum absolute atomic E-state index is 0.672. The molecular formula is C61H48N4. The van der Waals surface area contributed by atoms with Crippen molar-refractivity contribution in [1.82, 2.24) is 4.98 Å². The van der Waals surface area contributed by atoms with Gasteiger partial charge in [0.1, 0.15) is 0 Å². The molecule has 0 N–H and O–H groups in total. The number of hydrogen-bond donors (Lipinski definition) is 0. The summed E-state index contributed by atoms with van der Waals surface area (Å²) in [6.07, 6.45) is 6.45. The molecule has 0 amide bonds. The maximum atomic E-state index is 5.77. The van der Waals surface area contributed by atoms with E-state index >= 15 is 0 Å². The van der Waals surface area contributed by atoms with Crippen LogP contribution in [0.15, 0.2) is 252 Å². The SMILES string of the molecule is C\N=C(/C(=N\C(=C\c1cccnc1)c1cccc(-c2c(C(/N=C(\Cc3ccccc3)c3ccccc3)=C(/C)c3ccccc3)ccc3ccccc23)c1)c1ccccc1)c1ccccc1. The highest BCUT2D eigenvalue weighted by Gasteiger charge is 2.20. The Morgan fingerprint density at radius 3 is 1.74 bits per heavy atom. The summed E-state index contributed by atoms with van der Waals surface area (Å²) in [5.74, 6) is 0. The number of nitrogens with zero attached hydrogens (tertiary/aromatic N) is 4. The third-order valence-corrected chi connectivity index (χ3v) is 11.5. The Morgan fingerprint density at radius 1 is 0.508 bits per heavy atom. The van der Waals surface area contributed by atoms with Crippen molar-refractivity contribution in [3.05, 3.63) is 281 Å². The number of hydrogen-bond acceptors (Lipinski definition) is 4. The second kappa shape index (κ2) is 20.2. The van der Waals surface area contributed by atoms with Gasteiger partial charge in [-0.2, -0.15) is 0 Å². The van der Waals surface area contributed by atoms with Gasteiger partial charge in [-0.25, -0.2) is 4.99 Å². The fraction of sp³-hybridized carbons (Fsp3) is 0.0492. The molecule has 0 aliphatic carbocycles. The number of aromatic nitrogens is 1. The summed E-state index contributed by atoms with van der Waals surface area (Å²) >= 11 is 0. The van der Waals surface area contributed by atoms with E-state index in [1.165, 1.54) is 5.56 Å². The quantitative estimate of drug-likeness (QED) is 0.0843. The maximum absolute atomic E-state index is 5.77. The minimum Gasteiger partial charge on any atom is -0.286 e. The lowest BCUT2D eigenvalue weighted by Gasteiger charge is -2.19. The van der Waals surface area contributed by atoms with Gasteiger partial charge in [-0.05, 0) is 74.9 Å². The molecule has 0 aliphatic rings. The molecule has 312 valence electrons. The van der Waals surface area contributed by atoms with Crippen molar-refractivity contribution in [2.24, 2.45) is 15.0 Å². The van der Waals surface area contributed by atoms with Crippen molar-refractivity contribution in [2.75, 3.05) is 7.05 Å². The molecule has 0 unspecified atom stereocenters. The average Bonchev–Trinajstić information content (AvgIpc) is 3.38. The predicted molar refractivity (Wildman–Crippen MR) is 275 cm³/mol. The predicted octanol–water partition coefficient (Wildman–Crippen LogP) is 14.6. The van der Waals surface area contributed by atoms with E-state index in [2.05, 4.69) is 200 Å². The molecule has 8 aromatic carbocycles. The Bertz CT molecular complexity index is 3190. The second-order valence-electron chi connectivity index (χ2n) is 15.8. The molecule has 0 bridgehead atoms. The van der Waals surface area contributed by atoms with Crippen LogP contribution in [-0.4, -0.2) is 29.2 Å². The average molecular weight is 837 g/mol. The van der Waals surface area contributed by atoms with Crippen molar-refractivity contribution in [3.63, 3.8) is 0 Å². The van der Waals surface area contributed by atoms with Gasteiger partial charge in [0.2, 0.25) is 0 Å². The summed E-state index contributed by atoms with van der Waals surface area (Å²) in [7, 11) is 1.84. The summed E-state index contributed by atoms with van der Waals surface area (Å²) in [5.41, 5.74) is 15.8. The summed E-state index contributed by atoms with van der Waals surface area (Å²) in [6.45, 7) is 2.20. The zero-order valence-electron chi connectivity index (χ0n) is 36.6. The lowest BCUT2D eigenvalue weighted by molar-refractivity contribution is 1.30. The number of benzene rings is 8. The van der Waals surface area contributed by atoms with Crippen LogP contribution in [0.5, 0.6) is 0 Å². The van der Waals surface area contributed by atoms with Gasteiger partial charge in [-0.3, -0.25) is 15.0 Å². The number of allylic oxidation sites excluding steroid dienone is 1. The van der Waals surface area contributed by atoms with Gasteiger partial charge in [0.15, 0.2) is 0 Å². The summed E-state index contributed by atoms with van der Waals surface area (Å²) in [5, 5.41) is 2.28. The van der Waals surface area contributed by atoms with Crippen LogP contribution in [0.2, 0.25) is 0 Å². The molecule has 4 nitrogen and oxygen atoms in total. The fourth-order valence-corrected chi connectivity index (χ4v) is 8.28. The molecule has 0 spiro atoms. The molecule has 1 heterocycles. The second-order valence-corrected chi connectivity index (χ2v) is 15.8. The first-order valence-electron chi connectivity index (χ1n) is 22.0. The lowest BCUT2D eigenvalue weighted by atomic mass is 9.88. The third-order valence-electron chi connectivity index (χ3n) is 11.5. The van der Waals surface area contributed by atoms with E-state index in [9.17, 15) is 0 Å². The summed E-state index contributed by atoms with van der Waals surface area (Å²) in [4.78, 5) is 20.7. The van der Waals surface area contributed by atoms with Gasteiger partial charge >= 0.3 is 0 Å². The summed E-state index contributed by atoms with van der Waals surface area (Å²) in [6, 6.07) is 78.3. The molecule has 1 aromatic heterocycles. The fourth-order valence-electron chi connectivity index (χ4n) is 8.28. The van der Waals surface area contributed by atoms with E-state index < -0.39 is 0 Å². The standard InChI is InChI=1S/C61H48N4/c1-44(47-25-10-4-11-26-47)59(64-56(49-28-12-5-13-29-49)40-45-22-8-3-9-23-45)55-38-37-48-27-18-19-36-54(48)58(55)53-35-20-34-52(42-53)57(41-46-24-21-39-63-43-46)65-61(51-32-16-7-17-33-51)60(62-2)50-30-14-6-15-31-50/h3-39,41-43H,40H2,1-2H3/b57-41+,59-44+,62-60-,64-56+,65-61-. The Labute approximate surface area is 382 Å². The Hall–Kier alpha value is -8.34. The van der Waals surface area contributed by atoms with Crippen molar-refractivity contribution >= 4 is 51.0 Å². The van der Waals surface area contributed by atoms with Crippen LogP contribution in [0, 0.1) is 0 Å². The zero-order valence-corrected chi connectivity index (χ0v) is 36.6. The van der Waals surface area contributed by atoms with Crippen LogP contribution in [0.1, 0.15) is 51.4 Å². The smallest absolute Gasteiger partial charge is 0.0967 e. The van der Waals surface area contributed by atoms with E-state index in [4.69, 9.17) is 15.0 Å². The maximum Gasteiger partial charge on any atom is 0.0967 e. The highest BCUT2D eigenvalue weighted by Crippen LogP contribution is 2.41. The van der Waals surface area contributed by atoms with Gasteiger partial charge in [-0.1, -0.05) is 212 Å². The minimum atomic E-state index is 0.672. The zero-order chi connectivity index (χ0) is 44.2. The van der Waals surface area contributed by atoms with Crippen LogP contribution in [0.3, 0.4) is 0 Å². The molecule has 65 heavy (non-hydrogen) atoms. The summed E-state index contributed by atoms with van der Waals surface area (Å²) < 4.78 is 0. The highest BCUT2D eigenvalue weighted by atomic mass is 14.8. The van der Waals surface area contributed by atoms with Gasteiger partial charge < -0.3 is 0 Å². The first-order chi connectivity index (χ1) is 32.1. The largest absolute Gasteiger partial charge is 0.286 e.